The Kier molecular flexibility index (Phi) is 6.25. The maximum Gasteiger partial charge on any atom is 0.270 e. The number of hydrogen-bond donors (Lipinski definition) is 2. The van der Waals surface area contributed by atoms with Crippen molar-refractivity contribution in [2.45, 2.75) is 4.90 Å². The second-order valence-corrected chi connectivity index (χ2v) is 8.54. The lowest BCUT2D eigenvalue weighted by atomic mass is 10.2. The molecular weight excluding hydrogens is 453 g/mol. The van der Waals surface area contributed by atoms with Crippen LogP contribution < -0.4 is 10.0 Å². The third kappa shape index (κ3) is 5.07. The zero-order valence-corrected chi connectivity index (χ0v) is 17.3. The van der Waals surface area contributed by atoms with Gasteiger partial charge < -0.3 is 5.32 Å². The van der Waals surface area contributed by atoms with Crippen molar-refractivity contribution in [3.05, 3.63) is 92.5 Å². The number of sulfonamides is 1. The minimum absolute atomic E-state index is 0.0196. The number of nitrogens with one attached hydrogen (secondary N) is 2. The van der Waals surface area contributed by atoms with Gasteiger partial charge in [-0.3, -0.25) is 19.6 Å². The van der Waals surface area contributed by atoms with Crippen LogP contribution in [0.25, 0.3) is 0 Å². The SMILES string of the molecule is O=C(Nc1ccc(S(=O)(=O)Nc2cccc(Cl)c2)cc1)c1ccc([N+](=O)[O-])cc1Cl. The summed E-state index contributed by atoms with van der Waals surface area (Å²) in [6.07, 6.45) is 0. The number of nitro benzene ring substituents is 1. The molecule has 0 fully saturated rings. The molecule has 0 heterocycles. The molecule has 1 amide bonds. The molecule has 3 aromatic rings. The Morgan fingerprint density at radius 2 is 1.63 bits per heavy atom. The standard InChI is InChI=1S/C19H13Cl2N3O5S/c20-12-2-1-3-14(10-12)23-30(28,29)16-7-4-13(5-8-16)22-19(25)17-9-6-15(24(26)27)11-18(17)21/h1-11,23H,(H,22,25). The summed E-state index contributed by atoms with van der Waals surface area (Å²) in [4.78, 5) is 22.5. The van der Waals surface area contributed by atoms with Crippen LogP contribution in [-0.4, -0.2) is 19.2 Å². The van der Waals surface area contributed by atoms with Crippen molar-refractivity contribution in [1.29, 1.82) is 0 Å². The monoisotopic (exact) mass is 465 g/mol. The Labute approximate surface area is 181 Å². The summed E-state index contributed by atoms with van der Waals surface area (Å²) in [5.74, 6) is -0.595. The number of carbonyl (C=O) groups is 1. The van der Waals surface area contributed by atoms with Crippen LogP contribution in [0.5, 0.6) is 0 Å². The summed E-state index contributed by atoms with van der Waals surface area (Å²) < 4.78 is 27.4. The summed E-state index contributed by atoms with van der Waals surface area (Å²) in [5, 5.41) is 13.6. The van der Waals surface area contributed by atoms with Gasteiger partial charge in [0.15, 0.2) is 0 Å². The number of nitrogens with zero attached hydrogens (tertiary/aromatic N) is 1. The van der Waals surface area contributed by atoms with Gasteiger partial charge in [0.1, 0.15) is 0 Å². The van der Waals surface area contributed by atoms with Crippen LogP contribution in [0.2, 0.25) is 10.0 Å². The highest BCUT2D eigenvalue weighted by molar-refractivity contribution is 7.92. The molecule has 0 aliphatic carbocycles. The Morgan fingerprint density at radius 1 is 0.933 bits per heavy atom. The molecule has 0 aliphatic heterocycles. The fraction of sp³-hybridized carbons (Fsp3) is 0. The van der Waals surface area contributed by atoms with Gasteiger partial charge in [-0.15, -0.1) is 0 Å². The van der Waals surface area contributed by atoms with Gasteiger partial charge in [0.05, 0.1) is 26.1 Å². The van der Waals surface area contributed by atoms with Crippen molar-refractivity contribution in [3.8, 4) is 0 Å². The first-order chi connectivity index (χ1) is 14.2. The fourth-order valence-corrected chi connectivity index (χ4v) is 3.98. The lowest BCUT2D eigenvalue weighted by Gasteiger charge is -2.10. The first kappa shape index (κ1) is 21.6. The van der Waals surface area contributed by atoms with Crippen molar-refractivity contribution in [2.75, 3.05) is 10.0 Å². The van der Waals surface area contributed by atoms with Crippen LogP contribution in [-0.2, 0) is 10.0 Å². The van der Waals surface area contributed by atoms with Crippen LogP contribution in [0.1, 0.15) is 10.4 Å². The highest BCUT2D eigenvalue weighted by Crippen LogP contribution is 2.24. The molecule has 0 atom stereocenters. The molecule has 0 aliphatic rings. The number of amides is 1. The second kappa shape index (κ2) is 8.70. The maximum absolute atomic E-state index is 12.5. The van der Waals surface area contributed by atoms with E-state index in [4.69, 9.17) is 23.2 Å². The average Bonchev–Trinajstić information content (AvgIpc) is 2.67. The average molecular weight is 466 g/mol. The predicted molar refractivity (Wildman–Crippen MR) is 115 cm³/mol. The molecule has 0 spiro atoms. The van der Waals surface area contributed by atoms with Gasteiger partial charge in [0, 0.05) is 22.8 Å². The quantitative estimate of drug-likeness (QED) is 0.394. The van der Waals surface area contributed by atoms with Crippen molar-refractivity contribution >= 4 is 56.2 Å². The highest BCUT2D eigenvalue weighted by atomic mass is 35.5. The van der Waals surface area contributed by atoms with Gasteiger partial charge in [0.2, 0.25) is 0 Å². The van der Waals surface area contributed by atoms with Crippen LogP contribution >= 0.6 is 23.2 Å². The van der Waals surface area contributed by atoms with E-state index < -0.39 is 20.9 Å². The van der Waals surface area contributed by atoms with E-state index in [1.807, 2.05) is 0 Å². The summed E-state index contributed by atoms with van der Waals surface area (Å²) in [5.41, 5.74) is 0.434. The third-order valence-corrected chi connectivity index (χ3v) is 5.85. The molecule has 0 bridgehead atoms. The number of carbonyl (C=O) groups excluding carboxylic acids is 1. The number of non-ortho nitro benzene ring substituents is 1. The third-order valence-electron chi connectivity index (χ3n) is 3.91. The van der Waals surface area contributed by atoms with Crippen LogP contribution in [0, 0.1) is 10.1 Å². The van der Waals surface area contributed by atoms with E-state index in [1.54, 1.807) is 18.2 Å². The smallest absolute Gasteiger partial charge is 0.270 e. The summed E-state index contributed by atoms with van der Waals surface area (Å²) in [6.45, 7) is 0. The first-order valence-electron chi connectivity index (χ1n) is 8.29. The van der Waals surface area contributed by atoms with E-state index >= 15 is 0 Å². The number of benzene rings is 3. The molecule has 3 aromatic carbocycles. The van der Waals surface area contributed by atoms with E-state index in [9.17, 15) is 23.3 Å². The second-order valence-electron chi connectivity index (χ2n) is 6.02. The number of nitro groups is 1. The first-order valence-corrected chi connectivity index (χ1v) is 10.5. The minimum atomic E-state index is -3.85. The predicted octanol–water partition coefficient (Wildman–Crippen LogP) is 4.95. The number of halogens is 2. The summed E-state index contributed by atoms with van der Waals surface area (Å²) in [6, 6.07) is 15.2. The Hall–Kier alpha value is -3.14. The number of rotatable bonds is 6. The van der Waals surface area contributed by atoms with Gasteiger partial charge in [-0.25, -0.2) is 8.42 Å². The summed E-state index contributed by atoms with van der Waals surface area (Å²) in [7, 11) is -3.85. The van der Waals surface area contributed by atoms with Crippen LogP contribution in [0.3, 0.4) is 0 Å². The summed E-state index contributed by atoms with van der Waals surface area (Å²) >= 11 is 11.8. The number of anilines is 2. The van der Waals surface area contributed by atoms with Crippen molar-refractivity contribution < 1.29 is 18.1 Å². The van der Waals surface area contributed by atoms with Gasteiger partial charge in [-0.1, -0.05) is 29.3 Å². The zero-order chi connectivity index (χ0) is 21.9. The van der Waals surface area contributed by atoms with Gasteiger partial charge in [-0.2, -0.15) is 0 Å². The van der Waals surface area contributed by atoms with E-state index in [2.05, 4.69) is 10.0 Å². The Bertz CT molecular complexity index is 1230. The molecule has 0 radical (unpaired) electrons. The van der Waals surface area contributed by atoms with Crippen molar-refractivity contribution in [2.24, 2.45) is 0 Å². The molecule has 30 heavy (non-hydrogen) atoms. The van der Waals surface area contributed by atoms with Gasteiger partial charge in [-0.05, 0) is 48.5 Å². The zero-order valence-electron chi connectivity index (χ0n) is 15.0. The lowest BCUT2D eigenvalue weighted by molar-refractivity contribution is -0.384. The van der Waals surface area contributed by atoms with Crippen LogP contribution in [0.15, 0.2) is 71.6 Å². The van der Waals surface area contributed by atoms with Crippen molar-refractivity contribution in [1.82, 2.24) is 0 Å². The molecule has 3 rings (SSSR count). The Balaban J connectivity index is 1.74. The van der Waals surface area contributed by atoms with E-state index in [0.29, 0.717) is 16.4 Å². The topological polar surface area (TPSA) is 118 Å². The Morgan fingerprint density at radius 3 is 2.23 bits per heavy atom. The molecular formula is C19H13Cl2N3O5S. The molecule has 0 saturated carbocycles. The van der Waals surface area contributed by atoms with Gasteiger partial charge >= 0.3 is 0 Å². The van der Waals surface area contributed by atoms with E-state index in [0.717, 1.165) is 12.1 Å². The highest BCUT2D eigenvalue weighted by Gasteiger charge is 2.17. The molecule has 8 nitrogen and oxygen atoms in total. The molecule has 0 unspecified atom stereocenters. The van der Waals surface area contributed by atoms with E-state index in [1.165, 1.54) is 36.4 Å². The largest absolute Gasteiger partial charge is 0.322 e. The molecule has 0 saturated heterocycles. The normalized spacial score (nSPS) is 11.0. The fourth-order valence-electron chi connectivity index (χ4n) is 2.48. The lowest BCUT2D eigenvalue weighted by Crippen LogP contribution is -2.14. The van der Waals surface area contributed by atoms with Gasteiger partial charge in [0.25, 0.3) is 21.6 Å². The molecule has 0 aromatic heterocycles. The van der Waals surface area contributed by atoms with Crippen molar-refractivity contribution in [3.63, 3.8) is 0 Å². The number of hydrogen-bond acceptors (Lipinski definition) is 5. The molecule has 11 heteroatoms. The van der Waals surface area contributed by atoms with Crippen LogP contribution in [0.4, 0.5) is 17.1 Å². The minimum Gasteiger partial charge on any atom is -0.322 e. The molecule has 154 valence electrons. The van der Waals surface area contributed by atoms with E-state index in [-0.39, 0.29) is 21.2 Å². The molecule has 2 N–H and O–H groups in total. The maximum atomic E-state index is 12.5.